The highest BCUT2D eigenvalue weighted by Crippen LogP contribution is 2.35. The number of aliphatic hydroxyl groups is 1. The molecule has 0 aliphatic carbocycles. The van der Waals surface area contributed by atoms with Crippen LogP contribution >= 0.6 is 0 Å². The molecule has 4 nitrogen and oxygen atoms in total. The Morgan fingerprint density at radius 2 is 1.94 bits per heavy atom. The first-order valence-electron chi connectivity index (χ1n) is 6.48. The number of hydrogen-bond acceptors (Lipinski definition) is 4. The van der Waals surface area contributed by atoms with Crippen LogP contribution in [0.15, 0.2) is 0 Å². The summed E-state index contributed by atoms with van der Waals surface area (Å²) in [5, 5.41) is 10.7. The number of esters is 1. The fourth-order valence-corrected chi connectivity index (χ4v) is 2.66. The summed E-state index contributed by atoms with van der Waals surface area (Å²) >= 11 is 0. The molecule has 0 radical (unpaired) electrons. The van der Waals surface area contributed by atoms with E-state index in [4.69, 9.17) is 4.74 Å². The molecule has 17 heavy (non-hydrogen) atoms. The molecule has 1 N–H and O–H groups in total. The Balaban J connectivity index is 2.79. The molecule has 0 saturated carbocycles. The van der Waals surface area contributed by atoms with E-state index in [1.54, 1.807) is 6.92 Å². The molecular weight excluding hydrogens is 218 g/mol. The van der Waals surface area contributed by atoms with Crippen molar-refractivity contribution in [1.82, 2.24) is 4.90 Å². The SMILES string of the molecule is CCOC(=O)C(C(C)C)C1(O)CCN(C)CC1. The van der Waals surface area contributed by atoms with Crippen LogP contribution in [0.25, 0.3) is 0 Å². The molecule has 0 aromatic heterocycles. The highest BCUT2D eigenvalue weighted by Gasteiger charge is 2.45. The average Bonchev–Trinajstić information content (AvgIpc) is 2.23. The molecule has 4 heteroatoms. The minimum atomic E-state index is -0.896. The first-order chi connectivity index (χ1) is 7.90. The van der Waals surface area contributed by atoms with Crippen molar-refractivity contribution in [2.24, 2.45) is 11.8 Å². The van der Waals surface area contributed by atoms with Crippen LogP contribution in [-0.2, 0) is 9.53 Å². The molecule has 1 rings (SSSR count). The van der Waals surface area contributed by atoms with Crippen molar-refractivity contribution in [3.05, 3.63) is 0 Å². The van der Waals surface area contributed by atoms with Gasteiger partial charge in [0.15, 0.2) is 0 Å². The van der Waals surface area contributed by atoms with Gasteiger partial charge in [-0.15, -0.1) is 0 Å². The molecule has 0 bridgehead atoms. The highest BCUT2D eigenvalue weighted by atomic mass is 16.5. The zero-order chi connectivity index (χ0) is 13.1. The average molecular weight is 243 g/mol. The molecule has 0 amide bonds. The van der Waals surface area contributed by atoms with E-state index in [9.17, 15) is 9.90 Å². The van der Waals surface area contributed by atoms with E-state index in [0.717, 1.165) is 13.1 Å². The maximum Gasteiger partial charge on any atom is 0.312 e. The monoisotopic (exact) mass is 243 g/mol. The second-order valence-corrected chi connectivity index (χ2v) is 5.38. The van der Waals surface area contributed by atoms with Crippen molar-refractivity contribution >= 4 is 5.97 Å². The second kappa shape index (κ2) is 5.83. The third-order valence-corrected chi connectivity index (χ3v) is 3.64. The van der Waals surface area contributed by atoms with Crippen LogP contribution in [-0.4, -0.2) is 48.3 Å². The minimum absolute atomic E-state index is 0.0995. The molecule has 1 saturated heterocycles. The topological polar surface area (TPSA) is 49.8 Å². The van der Waals surface area contributed by atoms with Crippen LogP contribution in [0.2, 0.25) is 0 Å². The lowest BCUT2D eigenvalue weighted by atomic mass is 9.74. The Morgan fingerprint density at radius 3 is 2.35 bits per heavy atom. The van der Waals surface area contributed by atoms with Gasteiger partial charge in [0.25, 0.3) is 0 Å². The summed E-state index contributed by atoms with van der Waals surface area (Å²) < 4.78 is 5.10. The number of ether oxygens (including phenoxy) is 1. The van der Waals surface area contributed by atoms with E-state index >= 15 is 0 Å². The summed E-state index contributed by atoms with van der Waals surface area (Å²) in [7, 11) is 2.04. The van der Waals surface area contributed by atoms with Gasteiger partial charge in [0.1, 0.15) is 0 Å². The number of likely N-dealkylation sites (tertiary alicyclic amines) is 1. The maximum absolute atomic E-state index is 12.0. The van der Waals surface area contributed by atoms with Crippen molar-refractivity contribution in [3.8, 4) is 0 Å². The van der Waals surface area contributed by atoms with E-state index < -0.39 is 11.5 Å². The second-order valence-electron chi connectivity index (χ2n) is 5.38. The van der Waals surface area contributed by atoms with Crippen molar-refractivity contribution < 1.29 is 14.6 Å². The predicted octanol–water partition coefficient (Wildman–Crippen LogP) is 1.28. The fraction of sp³-hybridized carbons (Fsp3) is 0.923. The number of piperidine rings is 1. The Labute approximate surface area is 104 Å². The Hall–Kier alpha value is -0.610. The summed E-state index contributed by atoms with van der Waals surface area (Å²) in [6.07, 6.45) is 1.29. The molecule has 1 atom stereocenters. The van der Waals surface area contributed by atoms with E-state index in [-0.39, 0.29) is 11.9 Å². The Morgan fingerprint density at radius 1 is 1.41 bits per heavy atom. The number of rotatable bonds is 4. The van der Waals surface area contributed by atoms with Gasteiger partial charge in [-0.25, -0.2) is 0 Å². The third kappa shape index (κ3) is 3.42. The standard InChI is InChI=1S/C13H25NO3/c1-5-17-12(15)11(10(2)3)13(16)6-8-14(4)9-7-13/h10-11,16H,5-9H2,1-4H3. The minimum Gasteiger partial charge on any atom is -0.466 e. The lowest BCUT2D eigenvalue weighted by Crippen LogP contribution is -2.52. The Bertz CT molecular complexity index is 257. The van der Waals surface area contributed by atoms with Gasteiger partial charge in [-0.3, -0.25) is 4.79 Å². The molecule has 0 aromatic rings. The first-order valence-corrected chi connectivity index (χ1v) is 6.48. The van der Waals surface area contributed by atoms with Gasteiger partial charge in [0.05, 0.1) is 18.1 Å². The smallest absolute Gasteiger partial charge is 0.312 e. The summed E-state index contributed by atoms with van der Waals surface area (Å²) in [5.41, 5.74) is -0.896. The first kappa shape index (κ1) is 14.5. The van der Waals surface area contributed by atoms with Gasteiger partial charge in [0.2, 0.25) is 0 Å². The molecule has 0 aromatic carbocycles. The number of nitrogens with zero attached hydrogens (tertiary/aromatic N) is 1. The van der Waals surface area contributed by atoms with Crippen LogP contribution in [0.3, 0.4) is 0 Å². The van der Waals surface area contributed by atoms with Crippen LogP contribution in [0.5, 0.6) is 0 Å². The molecule has 1 fully saturated rings. The van der Waals surface area contributed by atoms with Gasteiger partial charge in [-0.2, -0.15) is 0 Å². The van der Waals surface area contributed by atoms with Crippen LogP contribution < -0.4 is 0 Å². The van der Waals surface area contributed by atoms with Crippen LogP contribution in [0.1, 0.15) is 33.6 Å². The molecular formula is C13H25NO3. The molecule has 1 heterocycles. The van der Waals surface area contributed by atoms with E-state index in [0.29, 0.717) is 19.4 Å². The van der Waals surface area contributed by atoms with Gasteiger partial charge in [-0.1, -0.05) is 13.8 Å². The molecule has 1 aliphatic rings. The molecule has 0 spiro atoms. The zero-order valence-electron chi connectivity index (χ0n) is 11.4. The van der Waals surface area contributed by atoms with E-state index in [2.05, 4.69) is 4.90 Å². The van der Waals surface area contributed by atoms with Crippen molar-refractivity contribution in [2.75, 3.05) is 26.7 Å². The lowest BCUT2D eigenvalue weighted by molar-refractivity contribution is -0.166. The number of carbonyl (C=O) groups excluding carboxylic acids is 1. The van der Waals surface area contributed by atoms with Crippen molar-refractivity contribution in [3.63, 3.8) is 0 Å². The predicted molar refractivity (Wildman–Crippen MR) is 66.6 cm³/mol. The molecule has 100 valence electrons. The number of carbonyl (C=O) groups is 1. The summed E-state index contributed by atoms with van der Waals surface area (Å²) in [6.45, 7) is 7.78. The number of hydrogen-bond donors (Lipinski definition) is 1. The quantitative estimate of drug-likeness (QED) is 0.756. The summed E-state index contributed by atoms with van der Waals surface area (Å²) in [6, 6.07) is 0. The van der Waals surface area contributed by atoms with E-state index in [1.165, 1.54) is 0 Å². The third-order valence-electron chi connectivity index (χ3n) is 3.64. The van der Waals surface area contributed by atoms with E-state index in [1.807, 2.05) is 20.9 Å². The lowest BCUT2D eigenvalue weighted by Gasteiger charge is -2.42. The Kier molecular flexibility index (Phi) is 4.95. The van der Waals surface area contributed by atoms with Gasteiger partial charge < -0.3 is 14.7 Å². The largest absolute Gasteiger partial charge is 0.466 e. The molecule has 1 unspecified atom stereocenters. The fourth-order valence-electron chi connectivity index (χ4n) is 2.66. The van der Waals surface area contributed by atoms with Gasteiger partial charge >= 0.3 is 5.97 Å². The summed E-state index contributed by atoms with van der Waals surface area (Å²) in [4.78, 5) is 14.2. The maximum atomic E-state index is 12.0. The normalized spacial score (nSPS) is 22.5. The highest BCUT2D eigenvalue weighted by molar-refractivity contribution is 5.74. The van der Waals surface area contributed by atoms with Crippen molar-refractivity contribution in [1.29, 1.82) is 0 Å². The van der Waals surface area contributed by atoms with Crippen molar-refractivity contribution in [2.45, 2.75) is 39.2 Å². The molecule has 1 aliphatic heterocycles. The van der Waals surface area contributed by atoms with Crippen LogP contribution in [0, 0.1) is 11.8 Å². The zero-order valence-corrected chi connectivity index (χ0v) is 11.4. The van der Waals surface area contributed by atoms with Gasteiger partial charge in [-0.05, 0) is 32.7 Å². The van der Waals surface area contributed by atoms with Crippen LogP contribution in [0.4, 0.5) is 0 Å². The summed E-state index contributed by atoms with van der Waals surface area (Å²) in [5.74, 6) is -0.562. The van der Waals surface area contributed by atoms with Gasteiger partial charge in [0, 0.05) is 13.1 Å².